The molecule has 0 aliphatic carbocycles. The van der Waals surface area contributed by atoms with Crippen molar-refractivity contribution in [3.05, 3.63) is 12.7 Å². The zero-order chi connectivity index (χ0) is 14.8. The zero-order valence-electron chi connectivity index (χ0n) is 11.4. The quantitative estimate of drug-likeness (QED) is 0.622. The molecule has 1 unspecified atom stereocenters. The highest BCUT2D eigenvalue weighted by molar-refractivity contribution is 5.82. The van der Waals surface area contributed by atoms with Crippen molar-refractivity contribution in [2.24, 2.45) is 0 Å². The second kappa shape index (κ2) is 9.13. The molecule has 0 aromatic rings. The van der Waals surface area contributed by atoms with Gasteiger partial charge in [0.15, 0.2) is 6.23 Å². The Morgan fingerprint density at radius 1 is 1.42 bits per heavy atom. The largest absolute Gasteiger partial charge is 0.481 e. The molecule has 0 bridgehead atoms. The van der Waals surface area contributed by atoms with Gasteiger partial charge in [0.05, 0.1) is 0 Å². The molecule has 0 aromatic heterocycles. The number of hydrogen-bond acceptors (Lipinski definition) is 4. The van der Waals surface area contributed by atoms with E-state index in [4.69, 9.17) is 14.6 Å². The lowest BCUT2D eigenvalue weighted by Gasteiger charge is -2.26. The first-order chi connectivity index (χ1) is 8.88. The minimum absolute atomic E-state index is 0.0665. The molecule has 1 amide bonds. The van der Waals surface area contributed by atoms with Gasteiger partial charge in [0, 0.05) is 26.0 Å². The Morgan fingerprint density at radius 3 is 2.53 bits per heavy atom. The number of rotatable bonds is 3. The van der Waals surface area contributed by atoms with E-state index in [1.54, 1.807) is 11.8 Å². The van der Waals surface area contributed by atoms with Gasteiger partial charge >= 0.3 is 5.97 Å². The molecule has 1 fully saturated rings. The molecular formula is C13H21NO5. The van der Waals surface area contributed by atoms with E-state index < -0.39 is 18.2 Å². The van der Waals surface area contributed by atoms with Gasteiger partial charge in [0.1, 0.15) is 0 Å². The Kier molecular flexibility index (Phi) is 8.24. The average molecular weight is 271 g/mol. The normalized spacial score (nSPS) is 16.5. The Hall–Kier alpha value is -1.85. The average Bonchev–Trinajstić information content (AvgIpc) is 2.52. The minimum atomic E-state index is -0.833. The highest BCUT2D eigenvalue weighted by atomic mass is 16.6. The van der Waals surface area contributed by atoms with Crippen LogP contribution in [0.4, 0.5) is 0 Å². The fourth-order valence-corrected chi connectivity index (χ4v) is 1.67. The number of carbonyl (C=O) groups is 3. The maximum atomic E-state index is 11.6. The summed E-state index contributed by atoms with van der Waals surface area (Å²) in [5.74, 6) is -1.25. The van der Waals surface area contributed by atoms with Crippen LogP contribution < -0.4 is 0 Å². The first-order valence-electron chi connectivity index (χ1n) is 6.20. The number of carboxylic acids is 1. The van der Waals surface area contributed by atoms with E-state index in [-0.39, 0.29) is 5.91 Å². The van der Waals surface area contributed by atoms with Crippen molar-refractivity contribution in [3.8, 4) is 0 Å². The van der Waals surface area contributed by atoms with Gasteiger partial charge in [-0.1, -0.05) is 13.0 Å². The molecule has 0 saturated carbocycles. The summed E-state index contributed by atoms with van der Waals surface area (Å²) < 4.78 is 5.01. The lowest BCUT2D eigenvalue weighted by atomic mass is 10.2. The molecule has 0 spiro atoms. The summed E-state index contributed by atoms with van der Waals surface area (Å²) in [6, 6.07) is 0. The van der Waals surface area contributed by atoms with E-state index in [1.807, 2.05) is 0 Å². The van der Waals surface area contributed by atoms with Crippen LogP contribution in [0.25, 0.3) is 0 Å². The summed E-state index contributed by atoms with van der Waals surface area (Å²) in [4.78, 5) is 33.2. The van der Waals surface area contributed by atoms with Crippen molar-refractivity contribution >= 4 is 17.8 Å². The molecule has 0 radical (unpaired) electrons. The van der Waals surface area contributed by atoms with Crippen molar-refractivity contribution < 1.29 is 24.2 Å². The molecular weight excluding hydrogens is 250 g/mol. The maximum absolute atomic E-state index is 11.6. The van der Waals surface area contributed by atoms with Crippen LogP contribution >= 0.6 is 0 Å². The van der Waals surface area contributed by atoms with Gasteiger partial charge in [-0.15, -0.1) is 0 Å². The molecule has 0 aromatic carbocycles. The standard InChI is InChI=1S/C11H17NO3.C2H4O2/c1-3-11(14)15-9(2)12-8-6-4-5-7-10(12)13;1-2(3)4/h3,9H,1,4-8H2,2H3;1H3,(H,3,4). The number of hydrogen-bond donors (Lipinski definition) is 1. The van der Waals surface area contributed by atoms with Crippen molar-refractivity contribution in [2.45, 2.75) is 45.8 Å². The van der Waals surface area contributed by atoms with Crippen LogP contribution in [-0.4, -0.2) is 40.6 Å². The van der Waals surface area contributed by atoms with Gasteiger partial charge in [-0.05, 0) is 19.8 Å². The molecule has 6 heteroatoms. The van der Waals surface area contributed by atoms with Crippen LogP contribution in [0.15, 0.2) is 12.7 Å². The van der Waals surface area contributed by atoms with Gasteiger partial charge in [-0.3, -0.25) is 9.59 Å². The third-order valence-electron chi connectivity index (χ3n) is 2.50. The summed E-state index contributed by atoms with van der Waals surface area (Å²) in [5.41, 5.74) is 0. The van der Waals surface area contributed by atoms with E-state index >= 15 is 0 Å². The highest BCUT2D eigenvalue weighted by Gasteiger charge is 2.23. The number of ether oxygens (including phenoxy) is 1. The number of carboxylic acid groups (broad SMARTS) is 1. The summed E-state index contributed by atoms with van der Waals surface area (Å²) in [6.07, 6.45) is 4.14. The topological polar surface area (TPSA) is 83.9 Å². The Balaban J connectivity index is 0.000000711. The molecule has 1 saturated heterocycles. The summed E-state index contributed by atoms with van der Waals surface area (Å²) in [5, 5.41) is 7.42. The molecule has 1 aliphatic heterocycles. The SMILES string of the molecule is C=CC(=O)OC(C)N1CCCCCC1=O.CC(=O)O. The van der Waals surface area contributed by atoms with Crippen LogP contribution in [0, 0.1) is 0 Å². The maximum Gasteiger partial charge on any atom is 0.332 e. The van der Waals surface area contributed by atoms with E-state index in [0.717, 1.165) is 32.3 Å². The number of amides is 1. The van der Waals surface area contributed by atoms with Crippen molar-refractivity contribution in [1.82, 2.24) is 4.90 Å². The third-order valence-corrected chi connectivity index (χ3v) is 2.50. The first-order valence-corrected chi connectivity index (χ1v) is 6.20. The number of nitrogens with zero attached hydrogens (tertiary/aromatic N) is 1. The van der Waals surface area contributed by atoms with Gasteiger partial charge < -0.3 is 14.7 Å². The smallest absolute Gasteiger partial charge is 0.332 e. The molecule has 108 valence electrons. The Bertz CT molecular complexity index is 336. The second-order valence-electron chi connectivity index (χ2n) is 4.16. The van der Waals surface area contributed by atoms with E-state index in [9.17, 15) is 9.59 Å². The highest BCUT2D eigenvalue weighted by Crippen LogP contribution is 2.14. The molecule has 1 heterocycles. The summed E-state index contributed by atoms with van der Waals surface area (Å²) >= 11 is 0. The van der Waals surface area contributed by atoms with Gasteiger partial charge in [0.25, 0.3) is 5.97 Å². The predicted octanol–water partition coefficient (Wildman–Crippen LogP) is 1.56. The molecule has 1 N–H and O–H groups in total. The minimum Gasteiger partial charge on any atom is -0.481 e. The fourth-order valence-electron chi connectivity index (χ4n) is 1.67. The van der Waals surface area contributed by atoms with E-state index in [1.165, 1.54) is 0 Å². The first kappa shape index (κ1) is 17.2. The second-order valence-corrected chi connectivity index (χ2v) is 4.16. The Labute approximate surface area is 113 Å². The van der Waals surface area contributed by atoms with Crippen LogP contribution in [-0.2, 0) is 19.1 Å². The van der Waals surface area contributed by atoms with Crippen LogP contribution in [0.5, 0.6) is 0 Å². The number of esters is 1. The third kappa shape index (κ3) is 7.96. The van der Waals surface area contributed by atoms with Gasteiger partial charge in [0.2, 0.25) is 5.91 Å². The van der Waals surface area contributed by atoms with Crippen molar-refractivity contribution in [3.63, 3.8) is 0 Å². The van der Waals surface area contributed by atoms with Crippen LogP contribution in [0.2, 0.25) is 0 Å². The van der Waals surface area contributed by atoms with Crippen LogP contribution in [0.1, 0.15) is 39.5 Å². The lowest BCUT2D eigenvalue weighted by Crippen LogP contribution is -2.40. The van der Waals surface area contributed by atoms with E-state index in [0.29, 0.717) is 13.0 Å². The zero-order valence-corrected chi connectivity index (χ0v) is 11.4. The van der Waals surface area contributed by atoms with Crippen molar-refractivity contribution in [1.29, 1.82) is 0 Å². The molecule has 6 nitrogen and oxygen atoms in total. The number of likely N-dealkylation sites (tertiary alicyclic amines) is 1. The van der Waals surface area contributed by atoms with Gasteiger partial charge in [-0.2, -0.15) is 0 Å². The number of carbonyl (C=O) groups excluding carboxylic acids is 2. The molecule has 1 rings (SSSR count). The monoisotopic (exact) mass is 271 g/mol. The van der Waals surface area contributed by atoms with Crippen molar-refractivity contribution in [2.75, 3.05) is 6.54 Å². The summed E-state index contributed by atoms with van der Waals surface area (Å²) in [7, 11) is 0. The molecule has 1 aliphatic rings. The van der Waals surface area contributed by atoms with Gasteiger partial charge in [-0.25, -0.2) is 4.79 Å². The molecule has 1 atom stereocenters. The predicted molar refractivity (Wildman–Crippen MR) is 69.2 cm³/mol. The fraction of sp³-hybridized carbons (Fsp3) is 0.615. The number of aliphatic carboxylic acids is 1. The van der Waals surface area contributed by atoms with Crippen LogP contribution in [0.3, 0.4) is 0 Å². The summed E-state index contributed by atoms with van der Waals surface area (Å²) in [6.45, 7) is 6.79. The lowest BCUT2D eigenvalue weighted by molar-refractivity contribution is -0.158. The van der Waals surface area contributed by atoms with E-state index in [2.05, 4.69) is 6.58 Å². The Morgan fingerprint density at radius 2 is 2.00 bits per heavy atom. The molecule has 19 heavy (non-hydrogen) atoms.